The molecular formula is C27H25N5O. The van der Waals surface area contributed by atoms with Crippen LogP contribution < -0.4 is 11.1 Å². The van der Waals surface area contributed by atoms with Crippen LogP contribution >= 0.6 is 0 Å². The smallest absolute Gasteiger partial charge is 0.224 e. The summed E-state index contributed by atoms with van der Waals surface area (Å²) in [6.45, 7) is 0.504. The van der Waals surface area contributed by atoms with Gasteiger partial charge in [-0.25, -0.2) is 4.68 Å². The van der Waals surface area contributed by atoms with Crippen molar-refractivity contribution < 1.29 is 4.79 Å². The molecule has 3 N–H and O–H groups in total. The van der Waals surface area contributed by atoms with Gasteiger partial charge in [0.2, 0.25) is 5.91 Å². The number of nitrogens with one attached hydrogen (secondary N) is 1. The molecule has 0 saturated heterocycles. The Morgan fingerprint density at radius 3 is 2.24 bits per heavy atom. The minimum Gasteiger partial charge on any atom is -0.382 e. The van der Waals surface area contributed by atoms with Crippen LogP contribution in [0.15, 0.2) is 84.9 Å². The normalized spacial score (nSPS) is 10.5. The van der Waals surface area contributed by atoms with E-state index in [1.54, 1.807) is 4.68 Å². The highest BCUT2D eigenvalue weighted by molar-refractivity contribution is 5.78. The summed E-state index contributed by atoms with van der Waals surface area (Å²) in [6.07, 6.45) is 1.55. The van der Waals surface area contributed by atoms with Gasteiger partial charge >= 0.3 is 0 Å². The number of nitrogens with two attached hydrogens (primary N) is 1. The number of carbonyl (C=O) groups excluding carboxylic acids is 1. The molecule has 0 spiro atoms. The van der Waals surface area contributed by atoms with Crippen molar-refractivity contribution in [1.82, 2.24) is 15.1 Å². The van der Waals surface area contributed by atoms with Gasteiger partial charge in [0, 0.05) is 6.54 Å². The lowest BCUT2D eigenvalue weighted by atomic mass is 10.0. The summed E-state index contributed by atoms with van der Waals surface area (Å²) in [6, 6.07) is 29.8. The predicted octanol–water partition coefficient (Wildman–Crippen LogP) is 4.28. The summed E-state index contributed by atoms with van der Waals surface area (Å²) in [5, 5.41) is 17.0. The molecule has 0 aliphatic heterocycles. The Balaban J connectivity index is 1.29. The fourth-order valence-corrected chi connectivity index (χ4v) is 3.72. The molecule has 1 aromatic heterocycles. The van der Waals surface area contributed by atoms with Crippen molar-refractivity contribution in [3.63, 3.8) is 0 Å². The first-order chi connectivity index (χ1) is 16.2. The van der Waals surface area contributed by atoms with Gasteiger partial charge in [-0.2, -0.15) is 10.4 Å². The van der Waals surface area contributed by atoms with E-state index in [4.69, 9.17) is 5.73 Å². The van der Waals surface area contributed by atoms with Gasteiger partial charge in [0.05, 0.1) is 17.8 Å². The van der Waals surface area contributed by atoms with Crippen LogP contribution in [0.4, 0.5) is 5.82 Å². The topological polar surface area (TPSA) is 96.7 Å². The Kier molecular flexibility index (Phi) is 6.81. The maximum atomic E-state index is 12.3. The minimum atomic E-state index is -0.0303. The standard InChI is InChI=1S/C27H25N5O/c28-19-24-25(31-32(27(24)29)23-10-5-2-6-11-23)12-7-17-30-26(33)18-20-13-15-22(16-14-20)21-8-3-1-4-9-21/h1-6,8-11,13-16H,7,12,17-18,29H2,(H,30,33). The van der Waals surface area contributed by atoms with Crippen LogP contribution in [0.2, 0.25) is 0 Å². The van der Waals surface area contributed by atoms with Gasteiger partial charge in [-0.05, 0) is 41.7 Å². The number of aromatic nitrogens is 2. The van der Waals surface area contributed by atoms with E-state index in [1.165, 1.54) is 0 Å². The maximum Gasteiger partial charge on any atom is 0.224 e. The lowest BCUT2D eigenvalue weighted by molar-refractivity contribution is -0.120. The Bertz CT molecular complexity index is 1260. The molecule has 0 bridgehead atoms. The number of hydrogen-bond acceptors (Lipinski definition) is 4. The van der Waals surface area contributed by atoms with Gasteiger partial charge < -0.3 is 11.1 Å². The van der Waals surface area contributed by atoms with E-state index < -0.39 is 0 Å². The molecule has 0 aliphatic rings. The van der Waals surface area contributed by atoms with Crippen molar-refractivity contribution in [3.05, 3.63) is 102 Å². The second-order valence-corrected chi connectivity index (χ2v) is 7.76. The van der Waals surface area contributed by atoms with E-state index in [0.29, 0.717) is 42.9 Å². The fourth-order valence-electron chi connectivity index (χ4n) is 3.72. The van der Waals surface area contributed by atoms with Gasteiger partial charge in [0.1, 0.15) is 17.5 Å². The zero-order chi connectivity index (χ0) is 23.0. The molecule has 1 amide bonds. The summed E-state index contributed by atoms with van der Waals surface area (Å²) in [5.74, 6) is 0.305. The molecule has 0 aliphatic carbocycles. The molecule has 3 aromatic carbocycles. The van der Waals surface area contributed by atoms with Crippen molar-refractivity contribution in [1.29, 1.82) is 5.26 Å². The second kappa shape index (κ2) is 10.3. The first-order valence-corrected chi connectivity index (χ1v) is 10.9. The molecule has 0 atom stereocenters. The largest absolute Gasteiger partial charge is 0.382 e. The van der Waals surface area contributed by atoms with Gasteiger partial charge in [-0.1, -0.05) is 72.8 Å². The fraction of sp³-hybridized carbons (Fsp3) is 0.148. The number of amides is 1. The maximum absolute atomic E-state index is 12.3. The molecule has 6 heteroatoms. The lowest BCUT2D eigenvalue weighted by Gasteiger charge is -2.06. The number of nitriles is 1. The van der Waals surface area contributed by atoms with Crippen LogP contribution in [-0.4, -0.2) is 22.2 Å². The van der Waals surface area contributed by atoms with Crippen LogP contribution in [0.5, 0.6) is 0 Å². The quantitative estimate of drug-likeness (QED) is 0.404. The molecule has 4 rings (SSSR count). The highest BCUT2D eigenvalue weighted by Gasteiger charge is 2.16. The van der Waals surface area contributed by atoms with Gasteiger partial charge in [0.25, 0.3) is 0 Å². The molecule has 0 fully saturated rings. The van der Waals surface area contributed by atoms with Crippen molar-refractivity contribution in [3.8, 4) is 22.9 Å². The first kappa shape index (κ1) is 21.8. The number of nitrogen functional groups attached to an aromatic ring is 1. The summed E-state index contributed by atoms with van der Waals surface area (Å²) in [5.41, 5.74) is 11.2. The van der Waals surface area contributed by atoms with E-state index >= 15 is 0 Å². The van der Waals surface area contributed by atoms with Gasteiger partial charge in [-0.3, -0.25) is 4.79 Å². The third-order valence-electron chi connectivity index (χ3n) is 5.44. The minimum absolute atomic E-state index is 0.0303. The highest BCUT2D eigenvalue weighted by Crippen LogP contribution is 2.21. The van der Waals surface area contributed by atoms with E-state index in [2.05, 4.69) is 28.6 Å². The Morgan fingerprint density at radius 1 is 0.939 bits per heavy atom. The molecule has 1 heterocycles. The number of nitrogens with zero attached hydrogens (tertiary/aromatic N) is 3. The number of carbonyl (C=O) groups is 1. The Hall–Kier alpha value is -4.37. The molecule has 6 nitrogen and oxygen atoms in total. The van der Waals surface area contributed by atoms with E-state index in [-0.39, 0.29) is 5.91 Å². The molecule has 33 heavy (non-hydrogen) atoms. The van der Waals surface area contributed by atoms with Crippen molar-refractivity contribution in [2.75, 3.05) is 12.3 Å². The first-order valence-electron chi connectivity index (χ1n) is 10.9. The number of para-hydroxylation sites is 1. The predicted molar refractivity (Wildman–Crippen MR) is 130 cm³/mol. The van der Waals surface area contributed by atoms with Crippen LogP contribution in [0.1, 0.15) is 23.2 Å². The van der Waals surface area contributed by atoms with E-state index in [0.717, 1.165) is 22.4 Å². The number of aryl methyl sites for hydroxylation is 1. The zero-order valence-corrected chi connectivity index (χ0v) is 18.2. The molecular weight excluding hydrogens is 410 g/mol. The van der Waals surface area contributed by atoms with Crippen LogP contribution in [0.3, 0.4) is 0 Å². The number of hydrogen-bond donors (Lipinski definition) is 2. The van der Waals surface area contributed by atoms with E-state index in [9.17, 15) is 10.1 Å². The second-order valence-electron chi connectivity index (χ2n) is 7.76. The molecule has 164 valence electrons. The molecule has 0 radical (unpaired) electrons. The van der Waals surface area contributed by atoms with Gasteiger partial charge in [0.15, 0.2) is 0 Å². The third kappa shape index (κ3) is 5.28. The van der Waals surface area contributed by atoms with Crippen molar-refractivity contribution in [2.24, 2.45) is 0 Å². The van der Waals surface area contributed by atoms with Crippen molar-refractivity contribution >= 4 is 11.7 Å². The Labute approximate surface area is 193 Å². The summed E-state index contributed by atoms with van der Waals surface area (Å²) in [7, 11) is 0. The van der Waals surface area contributed by atoms with Crippen LogP contribution in [0.25, 0.3) is 16.8 Å². The SMILES string of the molecule is N#Cc1c(CCCNC(=O)Cc2ccc(-c3ccccc3)cc2)nn(-c2ccccc2)c1N. The molecule has 0 unspecified atom stereocenters. The number of anilines is 1. The Morgan fingerprint density at radius 2 is 1.58 bits per heavy atom. The number of benzene rings is 3. The summed E-state index contributed by atoms with van der Waals surface area (Å²) in [4.78, 5) is 12.3. The average Bonchev–Trinajstić information content (AvgIpc) is 3.18. The number of rotatable bonds is 8. The molecule has 0 saturated carbocycles. The van der Waals surface area contributed by atoms with Crippen molar-refractivity contribution in [2.45, 2.75) is 19.3 Å². The van der Waals surface area contributed by atoms with E-state index in [1.807, 2.05) is 72.8 Å². The molecule has 4 aromatic rings. The zero-order valence-electron chi connectivity index (χ0n) is 18.2. The van der Waals surface area contributed by atoms with Gasteiger partial charge in [-0.15, -0.1) is 0 Å². The van der Waals surface area contributed by atoms with Crippen LogP contribution in [0, 0.1) is 11.3 Å². The average molecular weight is 436 g/mol. The van der Waals surface area contributed by atoms with Crippen LogP contribution in [-0.2, 0) is 17.6 Å². The third-order valence-corrected chi connectivity index (χ3v) is 5.44. The monoisotopic (exact) mass is 435 g/mol. The highest BCUT2D eigenvalue weighted by atomic mass is 16.1. The summed E-state index contributed by atoms with van der Waals surface area (Å²) < 4.78 is 1.59. The summed E-state index contributed by atoms with van der Waals surface area (Å²) >= 11 is 0. The lowest BCUT2D eigenvalue weighted by Crippen LogP contribution is -2.26.